The number of aromatic amines is 1. The minimum Gasteiger partial charge on any atom is -0.361 e. The van der Waals surface area contributed by atoms with E-state index >= 15 is 0 Å². The Balaban J connectivity index is 2.21. The molecule has 2 aromatic rings. The van der Waals surface area contributed by atoms with E-state index in [0.717, 1.165) is 47.5 Å². The Morgan fingerprint density at radius 3 is 2.74 bits per heavy atom. The van der Waals surface area contributed by atoms with Crippen LogP contribution in [0, 0.1) is 5.92 Å². The molecule has 0 aliphatic carbocycles. The molecular formula is C16H22N2O. The molecule has 3 nitrogen and oxygen atoms in total. The molecule has 0 saturated heterocycles. The fraction of sp³-hybridized carbons (Fsp3) is 0.438. The van der Waals surface area contributed by atoms with Gasteiger partial charge in [0.05, 0.1) is 5.56 Å². The van der Waals surface area contributed by atoms with E-state index in [0.29, 0.717) is 0 Å². The Bertz CT molecular complexity index is 557. The smallest absolute Gasteiger partial charge is 0.154 e. The summed E-state index contributed by atoms with van der Waals surface area (Å²) >= 11 is 0. The molecule has 1 heterocycles. The molecule has 0 saturated carbocycles. The minimum atomic E-state index is 0.724. The molecule has 0 radical (unpaired) electrons. The summed E-state index contributed by atoms with van der Waals surface area (Å²) in [4.78, 5) is 16.8. The molecule has 0 unspecified atom stereocenters. The van der Waals surface area contributed by atoms with Crippen LogP contribution in [0.15, 0.2) is 24.3 Å². The molecule has 2 rings (SSSR count). The average Bonchev–Trinajstić information content (AvgIpc) is 2.76. The Morgan fingerprint density at radius 1 is 1.32 bits per heavy atom. The molecule has 1 aromatic heterocycles. The maximum absolute atomic E-state index is 11.3. The number of H-pyrrole nitrogens is 1. The van der Waals surface area contributed by atoms with Crippen molar-refractivity contribution in [1.29, 1.82) is 0 Å². The third kappa shape index (κ3) is 2.98. The molecule has 0 amide bonds. The van der Waals surface area contributed by atoms with Crippen molar-refractivity contribution < 1.29 is 4.79 Å². The lowest BCUT2D eigenvalue weighted by Crippen LogP contribution is -2.20. The highest BCUT2D eigenvalue weighted by molar-refractivity contribution is 6.03. The predicted octanol–water partition coefficient (Wildman–Crippen LogP) is 3.85. The SMILES string of the molecule is CC(C)CCCN(C)c1[nH]c2ccccc2c1C=O. The average molecular weight is 258 g/mol. The summed E-state index contributed by atoms with van der Waals surface area (Å²) in [5.41, 5.74) is 1.79. The second-order valence-corrected chi connectivity index (χ2v) is 5.51. The molecule has 3 heteroatoms. The molecule has 0 bridgehead atoms. The first-order valence-corrected chi connectivity index (χ1v) is 6.90. The van der Waals surface area contributed by atoms with Crippen LogP contribution in [0.3, 0.4) is 0 Å². The maximum atomic E-state index is 11.3. The van der Waals surface area contributed by atoms with Gasteiger partial charge in [0.25, 0.3) is 0 Å². The van der Waals surface area contributed by atoms with E-state index in [1.807, 2.05) is 31.3 Å². The van der Waals surface area contributed by atoms with Crippen LogP contribution in [0.5, 0.6) is 0 Å². The lowest BCUT2D eigenvalue weighted by Gasteiger charge is -2.18. The van der Waals surface area contributed by atoms with E-state index < -0.39 is 0 Å². The van der Waals surface area contributed by atoms with Crippen LogP contribution < -0.4 is 4.90 Å². The van der Waals surface area contributed by atoms with Gasteiger partial charge in [-0.15, -0.1) is 0 Å². The van der Waals surface area contributed by atoms with Gasteiger partial charge in [-0.2, -0.15) is 0 Å². The second-order valence-electron chi connectivity index (χ2n) is 5.51. The molecule has 0 atom stereocenters. The number of aldehydes is 1. The molecule has 1 aromatic carbocycles. The van der Waals surface area contributed by atoms with Crippen molar-refractivity contribution in [2.45, 2.75) is 26.7 Å². The zero-order chi connectivity index (χ0) is 13.8. The standard InChI is InChI=1S/C16H22N2O/c1-12(2)7-6-10-18(3)16-14(11-19)13-8-4-5-9-15(13)17-16/h4-5,8-9,11-12,17H,6-7,10H2,1-3H3. The molecule has 0 fully saturated rings. The number of nitrogens with one attached hydrogen (secondary N) is 1. The van der Waals surface area contributed by atoms with Gasteiger partial charge in [-0.05, 0) is 24.8 Å². The van der Waals surface area contributed by atoms with Crippen molar-refractivity contribution in [3.05, 3.63) is 29.8 Å². The summed E-state index contributed by atoms with van der Waals surface area (Å²) in [5, 5.41) is 1.00. The first kappa shape index (κ1) is 13.7. The largest absolute Gasteiger partial charge is 0.361 e. The predicted molar refractivity (Wildman–Crippen MR) is 81.0 cm³/mol. The van der Waals surface area contributed by atoms with Crippen LogP contribution in [0.2, 0.25) is 0 Å². The highest BCUT2D eigenvalue weighted by Gasteiger charge is 2.13. The normalized spacial score (nSPS) is 11.2. The fourth-order valence-electron chi connectivity index (χ4n) is 2.42. The summed E-state index contributed by atoms with van der Waals surface area (Å²) in [6, 6.07) is 7.94. The molecule has 102 valence electrons. The fourth-order valence-corrected chi connectivity index (χ4v) is 2.42. The Hall–Kier alpha value is -1.77. The summed E-state index contributed by atoms with van der Waals surface area (Å²) in [7, 11) is 2.04. The summed E-state index contributed by atoms with van der Waals surface area (Å²) in [5.74, 6) is 1.65. The van der Waals surface area contributed by atoms with Crippen LogP contribution in [-0.2, 0) is 0 Å². The number of hydrogen-bond acceptors (Lipinski definition) is 2. The van der Waals surface area contributed by atoms with E-state index in [9.17, 15) is 4.79 Å². The second kappa shape index (κ2) is 5.91. The maximum Gasteiger partial charge on any atom is 0.154 e. The molecule has 0 aliphatic heterocycles. The van der Waals surface area contributed by atoms with Gasteiger partial charge < -0.3 is 9.88 Å². The van der Waals surface area contributed by atoms with Gasteiger partial charge in [0.15, 0.2) is 6.29 Å². The van der Waals surface area contributed by atoms with Crippen LogP contribution in [0.25, 0.3) is 10.9 Å². The van der Waals surface area contributed by atoms with Crippen molar-refractivity contribution in [2.24, 2.45) is 5.92 Å². The first-order chi connectivity index (χ1) is 9.13. The number of fused-ring (bicyclic) bond motifs is 1. The van der Waals surface area contributed by atoms with E-state index in [4.69, 9.17) is 0 Å². The van der Waals surface area contributed by atoms with Gasteiger partial charge in [0.1, 0.15) is 5.82 Å². The highest BCUT2D eigenvalue weighted by Crippen LogP contribution is 2.27. The molecule has 19 heavy (non-hydrogen) atoms. The number of rotatable bonds is 6. The third-order valence-corrected chi connectivity index (χ3v) is 3.50. The van der Waals surface area contributed by atoms with Gasteiger partial charge in [0.2, 0.25) is 0 Å². The molecule has 0 aliphatic rings. The van der Waals surface area contributed by atoms with Crippen LogP contribution in [0.1, 0.15) is 37.0 Å². The Labute approximate surface area is 114 Å². The van der Waals surface area contributed by atoms with Crippen molar-refractivity contribution in [1.82, 2.24) is 4.98 Å². The Kier molecular flexibility index (Phi) is 4.25. The molecule has 0 spiro atoms. The number of nitrogens with zero attached hydrogens (tertiary/aromatic N) is 1. The topological polar surface area (TPSA) is 36.1 Å². The number of para-hydroxylation sites is 1. The number of benzene rings is 1. The van der Waals surface area contributed by atoms with Crippen molar-refractivity contribution in [2.75, 3.05) is 18.5 Å². The van der Waals surface area contributed by atoms with E-state index in [1.54, 1.807) is 0 Å². The lowest BCUT2D eigenvalue weighted by atomic mass is 10.1. The summed E-state index contributed by atoms with van der Waals surface area (Å²) < 4.78 is 0. The first-order valence-electron chi connectivity index (χ1n) is 6.90. The van der Waals surface area contributed by atoms with E-state index in [2.05, 4.69) is 23.7 Å². The number of carbonyl (C=O) groups is 1. The summed E-state index contributed by atoms with van der Waals surface area (Å²) in [6.45, 7) is 5.44. The monoisotopic (exact) mass is 258 g/mol. The van der Waals surface area contributed by atoms with Crippen LogP contribution in [-0.4, -0.2) is 24.9 Å². The van der Waals surface area contributed by atoms with E-state index in [-0.39, 0.29) is 0 Å². The van der Waals surface area contributed by atoms with Crippen molar-refractivity contribution >= 4 is 23.0 Å². The zero-order valence-corrected chi connectivity index (χ0v) is 11.9. The molecule has 1 N–H and O–H groups in total. The van der Waals surface area contributed by atoms with Gasteiger partial charge in [-0.1, -0.05) is 32.0 Å². The van der Waals surface area contributed by atoms with Gasteiger partial charge >= 0.3 is 0 Å². The van der Waals surface area contributed by atoms with Gasteiger partial charge in [0, 0.05) is 24.5 Å². The number of aromatic nitrogens is 1. The highest BCUT2D eigenvalue weighted by atomic mass is 16.1. The van der Waals surface area contributed by atoms with E-state index in [1.165, 1.54) is 6.42 Å². The van der Waals surface area contributed by atoms with Crippen LogP contribution >= 0.6 is 0 Å². The number of hydrogen-bond donors (Lipinski definition) is 1. The quantitative estimate of drug-likeness (QED) is 0.799. The Morgan fingerprint density at radius 2 is 2.05 bits per heavy atom. The van der Waals surface area contributed by atoms with Crippen molar-refractivity contribution in [3.63, 3.8) is 0 Å². The number of carbonyl (C=O) groups excluding carboxylic acids is 1. The zero-order valence-electron chi connectivity index (χ0n) is 11.9. The van der Waals surface area contributed by atoms with Crippen molar-refractivity contribution in [3.8, 4) is 0 Å². The third-order valence-electron chi connectivity index (χ3n) is 3.50. The minimum absolute atomic E-state index is 0.724. The van der Waals surface area contributed by atoms with Gasteiger partial charge in [-0.25, -0.2) is 0 Å². The van der Waals surface area contributed by atoms with Crippen LogP contribution in [0.4, 0.5) is 5.82 Å². The number of anilines is 1. The summed E-state index contributed by atoms with van der Waals surface area (Å²) in [6.07, 6.45) is 3.30. The van der Waals surface area contributed by atoms with Gasteiger partial charge in [-0.3, -0.25) is 4.79 Å². The lowest BCUT2D eigenvalue weighted by molar-refractivity contribution is 0.112. The molecular weight excluding hydrogens is 236 g/mol.